The molecule has 2 aromatic rings. The van der Waals surface area contributed by atoms with Crippen LogP contribution in [0.5, 0.6) is 5.75 Å². The van der Waals surface area contributed by atoms with Gasteiger partial charge in [0.1, 0.15) is 11.6 Å². The van der Waals surface area contributed by atoms with Gasteiger partial charge in [0.25, 0.3) is 5.91 Å². The van der Waals surface area contributed by atoms with E-state index in [2.05, 4.69) is 4.90 Å². The normalized spacial score (nSPS) is 14.6. The van der Waals surface area contributed by atoms with Crippen molar-refractivity contribution in [2.75, 3.05) is 38.2 Å². The molecule has 1 amide bonds. The van der Waals surface area contributed by atoms with E-state index in [4.69, 9.17) is 4.74 Å². The largest absolute Gasteiger partial charge is 0.496 e. The minimum absolute atomic E-state index is 0.0204. The lowest BCUT2D eigenvalue weighted by atomic mass is 10.1. The molecule has 1 aliphatic heterocycles. The van der Waals surface area contributed by atoms with Crippen LogP contribution >= 0.6 is 0 Å². The van der Waals surface area contributed by atoms with Crippen molar-refractivity contribution in [2.24, 2.45) is 0 Å². The predicted molar refractivity (Wildman–Crippen MR) is 92.2 cm³/mol. The summed E-state index contributed by atoms with van der Waals surface area (Å²) in [5.74, 6) is 0.513. The van der Waals surface area contributed by atoms with Gasteiger partial charge in [-0.3, -0.25) is 4.79 Å². The summed E-state index contributed by atoms with van der Waals surface area (Å²) in [5.41, 5.74) is 2.64. The highest BCUT2D eigenvalue weighted by atomic mass is 19.1. The van der Waals surface area contributed by atoms with Crippen LogP contribution in [0.25, 0.3) is 0 Å². The number of anilines is 1. The van der Waals surface area contributed by atoms with Crippen LogP contribution in [0.2, 0.25) is 0 Å². The number of rotatable bonds is 3. The molecule has 1 aliphatic rings. The highest BCUT2D eigenvalue weighted by Gasteiger charge is 2.22. The second-order valence-corrected chi connectivity index (χ2v) is 5.94. The van der Waals surface area contributed by atoms with Gasteiger partial charge in [0.2, 0.25) is 0 Å². The molecule has 3 rings (SSSR count). The van der Waals surface area contributed by atoms with E-state index >= 15 is 0 Å². The third-order valence-electron chi connectivity index (χ3n) is 4.41. The smallest absolute Gasteiger partial charge is 0.254 e. The van der Waals surface area contributed by atoms with Crippen molar-refractivity contribution in [3.63, 3.8) is 0 Å². The molecule has 0 unspecified atom stereocenters. The number of hydrogen-bond donors (Lipinski definition) is 0. The van der Waals surface area contributed by atoms with Crippen LogP contribution < -0.4 is 9.64 Å². The summed E-state index contributed by atoms with van der Waals surface area (Å²) in [6.07, 6.45) is 0. The Labute approximate surface area is 141 Å². The number of halogens is 1. The maximum absolute atomic E-state index is 13.0. The zero-order valence-electron chi connectivity index (χ0n) is 14.0. The van der Waals surface area contributed by atoms with Crippen LogP contribution in [-0.4, -0.2) is 44.1 Å². The summed E-state index contributed by atoms with van der Waals surface area (Å²) in [4.78, 5) is 16.7. The first kappa shape index (κ1) is 16.3. The Balaban J connectivity index is 1.66. The second-order valence-electron chi connectivity index (χ2n) is 5.94. The monoisotopic (exact) mass is 328 g/mol. The van der Waals surface area contributed by atoms with Gasteiger partial charge in [-0.15, -0.1) is 0 Å². The van der Waals surface area contributed by atoms with Gasteiger partial charge in [0, 0.05) is 37.4 Å². The first-order valence-corrected chi connectivity index (χ1v) is 8.03. The van der Waals surface area contributed by atoms with E-state index < -0.39 is 0 Å². The standard InChI is InChI=1S/C19H21FN2O2/c1-14-3-4-15(13-18(14)24-2)19(23)22-11-9-21(10-12-22)17-7-5-16(20)6-8-17/h3-8,13H,9-12H2,1-2H3. The van der Waals surface area contributed by atoms with Crippen LogP contribution in [-0.2, 0) is 0 Å². The van der Waals surface area contributed by atoms with Crippen molar-refractivity contribution in [1.82, 2.24) is 4.90 Å². The summed E-state index contributed by atoms with van der Waals surface area (Å²) in [5, 5.41) is 0. The van der Waals surface area contributed by atoms with Gasteiger partial charge in [0.15, 0.2) is 0 Å². The van der Waals surface area contributed by atoms with Crippen molar-refractivity contribution in [2.45, 2.75) is 6.92 Å². The maximum atomic E-state index is 13.0. The molecule has 5 heteroatoms. The second kappa shape index (κ2) is 6.91. The summed E-state index contributed by atoms with van der Waals surface area (Å²) < 4.78 is 18.3. The molecular formula is C19H21FN2O2. The van der Waals surface area contributed by atoms with Gasteiger partial charge >= 0.3 is 0 Å². The zero-order valence-corrected chi connectivity index (χ0v) is 14.0. The van der Waals surface area contributed by atoms with E-state index in [-0.39, 0.29) is 11.7 Å². The molecule has 0 radical (unpaired) electrons. The number of aryl methyl sites for hydroxylation is 1. The van der Waals surface area contributed by atoms with Gasteiger partial charge in [-0.1, -0.05) is 6.07 Å². The summed E-state index contributed by atoms with van der Waals surface area (Å²) in [6.45, 7) is 4.72. The van der Waals surface area contributed by atoms with E-state index in [0.29, 0.717) is 18.7 Å². The molecule has 1 saturated heterocycles. The van der Waals surface area contributed by atoms with Gasteiger partial charge in [-0.05, 0) is 48.9 Å². The Morgan fingerprint density at radius 3 is 2.33 bits per heavy atom. The number of nitrogens with zero attached hydrogens (tertiary/aromatic N) is 2. The molecule has 0 bridgehead atoms. The lowest BCUT2D eigenvalue weighted by molar-refractivity contribution is 0.0746. The Morgan fingerprint density at radius 1 is 1.04 bits per heavy atom. The molecule has 126 valence electrons. The minimum atomic E-state index is -0.235. The Kier molecular flexibility index (Phi) is 4.69. The first-order valence-electron chi connectivity index (χ1n) is 8.03. The molecule has 0 N–H and O–H groups in total. The predicted octanol–water partition coefficient (Wildman–Crippen LogP) is 3.11. The number of methoxy groups -OCH3 is 1. The summed E-state index contributed by atoms with van der Waals surface area (Å²) >= 11 is 0. The lowest BCUT2D eigenvalue weighted by Crippen LogP contribution is -2.48. The molecule has 0 aliphatic carbocycles. The van der Waals surface area contributed by atoms with Crippen molar-refractivity contribution < 1.29 is 13.9 Å². The molecule has 1 fully saturated rings. The van der Waals surface area contributed by atoms with Gasteiger partial charge in [-0.25, -0.2) is 4.39 Å². The van der Waals surface area contributed by atoms with Crippen LogP contribution in [0.1, 0.15) is 15.9 Å². The number of ether oxygens (including phenoxy) is 1. The molecule has 24 heavy (non-hydrogen) atoms. The summed E-state index contributed by atoms with van der Waals surface area (Å²) in [7, 11) is 1.61. The average Bonchev–Trinajstić information content (AvgIpc) is 2.62. The number of piperazine rings is 1. The van der Waals surface area contributed by atoms with Gasteiger partial charge in [-0.2, -0.15) is 0 Å². The first-order chi connectivity index (χ1) is 11.6. The number of hydrogen-bond acceptors (Lipinski definition) is 3. The quantitative estimate of drug-likeness (QED) is 0.868. The molecule has 2 aromatic carbocycles. The van der Waals surface area contributed by atoms with Crippen LogP contribution in [0.4, 0.5) is 10.1 Å². The minimum Gasteiger partial charge on any atom is -0.496 e. The number of amides is 1. The van der Waals surface area contributed by atoms with Crippen molar-refractivity contribution in [1.29, 1.82) is 0 Å². The highest BCUT2D eigenvalue weighted by Crippen LogP contribution is 2.21. The fraction of sp³-hybridized carbons (Fsp3) is 0.316. The third-order valence-corrected chi connectivity index (χ3v) is 4.41. The topological polar surface area (TPSA) is 32.8 Å². The van der Waals surface area contributed by atoms with E-state index in [0.717, 1.165) is 30.1 Å². The molecule has 1 heterocycles. The van der Waals surface area contributed by atoms with E-state index in [1.165, 1.54) is 12.1 Å². The van der Waals surface area contributed by atoms with Crippen molar-refractivity contribution in [3.8, 4) is 5.75 Å². The average molecular weight is 328 g/mol. The van der Waals surface area contributed by atoms with Crippen LogP contribution in [0.15, 0.2) is 42.5 Å². The maximum Gasteiger partial charge on any atom is 0.254 e. The molecular weight excluding hydrogens is 307 g/mol. The van der Waals surface area contributed by atoms with E-state index in [1.54, 1.807) is 25.3 Å². The van der Waals surface area contributed by atoms with Gasteiger partial charge in [0.05, 0.1) is 7.11 Å². The molecule has 0 spiro atoms. The van der Waals surface area contributed by atoms with E-state index in [1.807, 2.05) is 24.0 Å². The number of benzene rings is 2. The number of carbonyl (C=O) groups excluding carboxylic acids is 1. The fourth-order valence-corrected chi connectivity index (χ4v) is 2.96. The lowest BCUT2D eigenvalue weighted by Gasteiger charge is -2.36. The molecule has 0 atom stereocenters. The SMILES string of the molecule is COc1cc(C(=O)N2CCN(c3ccc(F)cc3)CC2)ccc1C. The Morgan fingerprint density at radius 2 is 1.71 bits per heavy atom. The molecule has 4 nitrogen and oxygen atoms in total. The van der Waals surface area contributed by atoms with E-state index in [9.17, 15) is 9.18 Å². The zero-order chi connectivity index (χ0) is 17.1. The van der Waals surface area contributed by atoms with Crippen LogP contribution in [0, 0.1) is 12.7 Å². The third kappa shape index (κ3) is 3.35. The number of carbonyl (C=O) groups is 1. The fourth-order valence-electron chi connectivity index (χ4n) is 2.96. The Bertz CT molecular complexity index is 723. The van der Waals surface area contributed by atoms with Crippen molar-refractivity contribution >= 4 is 11.6 Å². The van der Waals surface area contributed by atoms with Gasteiger partial charge < -0.3 is 14.5 Å². The molecule has 0 saturated carbocycles. The van der Waals surface area contributed by atoms with Crippen molar-refractivity contribution in [3.05, 3.63) is 59.4 Å². The highest BCUT2D eigenvalue weighted by molar-refractivity contribution is 5.95. The molecule has 0 aromatic heterocycles. The summed E-state index contributed by atoms with van der Waals surface area (Å²) in [6, 6.07) is 12.0. The Hall–Kier alpha value is -2.56. The van der Waals surface area contributed by atoms with Crippen LogP contribution in [0.3, 0.4) is 0 Å².